The molecule has 4 nitrogen and oxygen atoms in total. The van der Waals surface area contributed by atoms with Crippen LogP contribution in [0.5, 0.6) is 0 Å². The lowest BCUT2D eigenvalue weighted by atomic mass is 10.1. The van der Waals surface area contributed by atoms with E-state index in [0.29, 0.717) is 11.6 Å². The van der Waals surface area contributed by atoms with Crippen LogP contribution in [0.4, 0.5) is 0 Å². The maximum Gasteiger partial charge on any atom is 0.235 e. The number of hydrogen-bond donors (Lipinski definition) is 1. The smallest absolute Gasteiger partial charge is 0.235 e. The van der Waals surface area contributed by atoms with Crippen LogP contribution in [0.25, 0.3) is 0 Å². The van der Waals surface area contributed by atoms with Gasteiger partial charge < -0.3 is 5.32 Å². The summed E-state index contributed by atoms with van der Waals surface area (Å²) in [5, 5.41) is 3.08. The van der Waals surface area contributed by atoms with Crippen molar-refractivity contribution in [2.24, 2.45) is 0 Å². The molecule has 0 aliphatic carbocycles. The second-order valence-corrected chi connectivity index (χ2v) is 7.34. The Balaban J connectivity index is 1.99. The molecule has 116 valence electrons. The summed E-state index contributed by atoms with van der Waals surface area (Å²) in [6.07, 6.45) is 0. The third kappa shape index (κ3) is 4.32. The van der Waals surface area contributed by atoms with E-state index < -0.39 is 21.5 Å². The molecule has 2 aromatic carbocycles. The number of benzene rings is 2. The highest BCUT2D eigenvalue weighted by Crippen LogP contribution is 2.15. The second kappa shape index (κ2) is 6.94. The predicted molar refractivity (Wildman–Crippen MR) is 86.5 cm³/mol. The number of carbonyl (C=O) groups excluding carboxylic acids is 1. The molecule has 0 aliphatic heterocycles. The first-order valence-corrected chi connectivity index (χ1v) is 8.71. The number of aryl methyl sites for hydroxylation is 1. The van der Waals surface area contributed by atoms with Gasteiger partial charge in [-0.2, -0.15) is 0 Å². The number of rotatable bonds is 5. The van der Waals surface area contributed by atoms with Gasteiger partial charge in [-0.15, -0.1) is 0 Å². The largest absolute Gasteiger partial charge is 0.351 e. The molecule has 0 aliphatic rings. The van der Waals surface area contributed by atoms with Gasteiger partial charge in [0.25, 0.3) is 0 Å². The molecule has 0 heterocycles. The van der Waals surface area contributed by atoms with Crippen molar-refractivity contribution >= 4 is 27.3 Å². The van der Waals surface area contributed by atoms with Crippen LogP contribution in [0.1, 0.15) is 11.1 Å². The summed E-state index contributed by atoms with van der Waals surface area (Å²) in [7, 11) is -3.66. The molecule has 0 saturated carbocycles. The van der Waals surface area contributed by atoms with E-state index in [9.17, 15) is 13.2 Å². The summed E-state index contributed by atoms with van der Waals surface area (Å²) in [4.78, 5) is 12.0. The van der Waals surface area contributed by atoms with Gasteiger partial charge in [0.15, 0.2) is 9.84 Å². The van der Waals surface area contributed by atoms with Gasteiger partial charge in [0, 0.05) is 11.6 Å². The Morgan fingerprint density at radius 2 is 1.73 bits per heavy atom. The molecule has 2 aromatic rings. The summed E-state index contributed by atoms with van der Waals surface area (Å²) in [5.41, 5.74) is 2.00. The van der Waals surface area contributed by atoms with Crippen LogP contribution >= 0.6 is 11.6 Å². The highest BCUT2D eigenvalue weighted by atomic mass is 35.5. The number of nitrogens with one attached hydrogen (secondary N) is 1. The topological polar surface area (TPSA) is 63.2 Å². The quantitative estimate of drug-likeness (QED) is 0.912. The van der Waals surface area contributed by atoms with Crippen LogP contribution in [0.2, 0.25) is 5.02 Å². The number of amides is 1. The van der Waals surface area contributed by atoms with Crippen molar-refractivity contribution in [2.45, 2.75) is 18.4 Å². The van der Waals surface area contributed by atoms with E-state index in [4.69, 9.17) is 11.6 Å². The van der Waals surface area contributed by atoms with Gasteiger partial charge in [-0.3, -0.25) is 4.79 Å². The van der Waals surface area contributed by atoms with Crippen molar-refractivity contribution in [1.29, 1.82) is 0 Å². The first-order valence-electron chi connectivity index (χ1n) is 6.68. The number of hydrogen-bond acceptors (Lipinski definition) is 3. The Morgan fingerprint density at radius 1 is 1.09 bits per heavy atom. The van der Waals surface area contributed by atoms with Gasteiger partial charge in [-0.05, 0) is 42.3 Å². The number of halogens is 1. The van der Waals surface area contributed by atoms with E-state index in [0.717, 1.165) is 11.1 Å². The fraction of sp³-hybridized carbons (Fsp3) is 0.188. The van der Waals surface area contributed by atoms with Crippen LogP contribution in [-0.4, -0.2) is 20.1 Å². The Morgan fingerprint density at radius 3 is 2.36 bits per heavy atom. The number of sulfone groups is 1. The fourth-order valence-corrected chi connectivity index (χ4v) is 3.24. The molecule has 1 amide bonds. The maximum atomic E-state index is 12.1. The minimum Gasteiger partial charge on any atom is -0.351 e. The molecule has 1 N–H and O–H groups in total. The monoisotopic (exact) mass is 337 g/mol. The molecule has 22 heavy (non-hydrogen) atoms. The van der Waals surface area contributed by atoms with Gasteiger partial charge in [0.1, 0.15) is 5.75 Å². The van der Waals surface area contributed by atoms with E-state index in [1.54, 1.807) is 0 Å². The number of carbonyl (C=O) groups is 1. The standard InChI is InChI=1S/C16H16ClNO3S/c1-12-4-2-3-5-13(12)10-18-16(19)11-22(20,21)15-8-6-14(17)7-9-15/h2-9H,10-11H2,1H3,(H,18,19). The minimum absolute atomic E-state index is 0.0861. The third-order valence-electron chi connectivity index (χ3n) is 3.23. The summed E-state index contributed by atoms with van der Waals surface area (Å²) in [6.45, 7) is 2.24. The van der Waals surface area contributed by atoms with Crippen molar-refractivity contribution in [2.75, 3.05) is 5.75 Å². The zero-order chi connectivity index (χ0) is 16.2. The predicted octanol–water partition coefficient (Wildman–Crippen LogP) is 2.74. The lowest BCUT2D eigenvalue weighted by Crippen LogP contribution is -2.30. The highest BCUT2D eigenvalue weighted by molar-refractivity contribution is 7.92. The zero-order valence-electron chi connectivity index (χ0n) is 12.0. The first kappa shape index (κ1) is 16.5. The van der Waals surface area contributed by atoms with Crippen molar-refractivity contribution in [3.8, 4) is 0 Å². The average molecular weight is 338 g/mol. The third-order valence-corrected chi connectivity index (χ3v) is 5.12. The highest BCUT2D eigenvalue weighted by Gasteiger charge is 2.19. The molecule has 0 spiro atoms. The lowest BCUT2D eigenvalue weighted by molar-refractivity contribution is -0.118. The van der Waals surface area contributed by atoms with Gasteiger partial charge >= 0.3 is 0 Å². The second-order valence-electron chi connectivity index (χ2n) is 4.92. The Hall–Kier alpha value is -1.85. The molecule has 0 saturated heterocycles. The Labute approximate surface area is 135 Å². The fourth-order valence-electron chi connectivity index (χ4n) is 1.95. The van der Waals surface area contributed by atoms with E-state index in [-0.39, 0.29) is 4.90 Å². The van der Waals surface area contributed by atoms with Crippen molar-refractivity contribution < 1.29 is 13.2 Å². The van der Waals surface area contributed by atoms with Gasteiger partial charge in [-0.25, -0.2) is 8.42 Å². The van der Waals surface area contributed by atoms with E-state index in [2.05, 4.69) is 5.32 Å². The maximum absolute atomic E-state index is 12.1. The molecular weight excluding hydrogens is 322 g/mol. The Bertz CT molecular complexity index is 770. The molecule has 0 radical (unpaired) electrons. The van der Waals surface area contributed by atoms with Gasteiger partial charge in [0.2, 0.25) is 5.91 Å². The molecule has 0 atom stereocenters. The van der Waals surface area contributed by atoms with Crippen LogP contribution in [-0.2, 0) is 21.2 Å². The van der Waals surface area contributed by atoms with Crippen LogP contribution in [0, 0.1) is 6.92 Å². The van der Waals surface area contributed by atoms with Crippen LogP contribution in [0.15, 0.2) is 53.4 Å². The summed E-state index contributed by atoms with van der Waals surface area (Å²) in [6, 6.07) is 13.4. The van der Waals surface area contributed by atoms with E-state index in [1.165, 1.54) is 24.3 Å². The SMILES string of the molecule is Cc1ccccc1CNC(=O)CS(=O)(=O)c1ccc(Cl)cc1. The molecule has 2 rings (SSSR count). The van der Waals surface area contributed by atoms with Crippen molar-refractivity contribution in [1.82, 2.24) is 5.32 Å². The molecule has 0 fully saturated rings. The van der Waals surface area contributed by atoms with Crippen molar-refractivity contribution in [3.63, 3.8) is 0 Å². The van der Waals surface area contributed by atoms with Gasteiger partial charge in [-0.1, -0.05) is 35.9 Å². The summed E-state index contributed by atoms with van der Waals surface area (Å²) in [5.74, 6) is -1.11. The van der Waals surface area contributed by atoms with Gasteiger partial charge in [0.05, 0.1) is 4.90 Å². The molecule has 0 bridgehead atoms. The van der Waals surface area contributed by atoms with Crippen LogP contribution < -0.4 is 5.32 Å². The Kier molecular flexibility index (Phi) is 5.21. The molecule has 0 unspecified atom stereocenters. The zero-order valence-corrected chi connectivity index (χ0v) is 13.6. The summed E-state index contributed by atoms with van der Waals surface area (Å²) >= 11 is 5.73. The van der Waals surface area contributed by atoms with Crippen LogP contribution in [0.3, 0.4) is 0 Å². The minimum atomic E-state index is -3.66. The first-order chi connectivity index (χ1) is 10.4. The molecule has 0 aromatic heterocycles. The van der Waals surface area contributed by atoms with E-state index >= 15 is 0 Å². The molecule has 6 heteroatoms. The van der Waals surface area contributed by atoms with Crippen molar-refractivity contribution in [3.05, 3.63) is 64.7 Å². The van der Waals surface area contributed by atoms with E-state index in [1.807, 2.05) is 31.2 Å². The lowest BCUT2D eigenvalue weighted by Gasteiger charge is -2.08. The molecular formula is C16H16ClNO3S. The normalized spacial score (nSPS) is 11.2. The summed E-state index contributed by atoms with van der Waals surface area (Å²) < 4.78 is 24.3. The average Bonchev–Trinajstić information content (AvgIpc) is 2.46.